The first-order chi connectivity index (χ1) is 5.72. The quantitative estimate of drug-likeness (QED) is 0.458. The fraction of sp³-hybridized carbons (Fsp3) is 0.667. The first-order valence-electron chi connectivity index (χ1n) is 4.12. The highest BCUT2D eigenvalue weighted by atomic mass is 16.4. The second kappa shape index (κ2) is 6.68. The summed E-state index contributed by atoms with van der Waals surface area (Å²) in [6.45, 7) is 2.53. The fourth-order valence-corrected chi connectivity index (χ4v) is 0.920. The number of carboxylic acid groups (broad SMARTS) is 1. The van der Waals surface area contributed by atoms with Crippen molar-refractivity contribution in [3.8, 4) is 12.3 Å². The van der Waals surface area contributed by atoms with Crippen molar-refractivity contribution in [1.29, 1.82) is 0 Å². The van der Waals surface area contributed by atoms with Crippen molar-refractivity contribution in [3.63, 3.8) is 0 Å². The summed E-state index contributed by atoms with van der Waals surface area (Å²) in [6.07, 6.45) is 7.12. The molecule has 0 radical (unpaired) electrons. The molecule has 0 aromatic heterocycles. The van der Waals surface area contributed by atoms with E-state index in [-0.39, 0.29) is 0 Å². The molecule has 3 heteroatoms. The van der Waals surface area contributed by atoms with Crippen LogP contribution in [0.15, 0.2) is 0 Å². The van der Waals surface area contributed by atoms with E-state index in [0.29, 0.717) is 19.4 Å². The number of terminal acetylenes is 1. The largest absolute Gasteiger partial charge is 0.480 e. The lowest BCUT2D eigenvalue weighted by molar-refractivity contribution is -0.139. The molecule has 3 nitrogen and oxygen atoms in total. The van der Waals surface area contributed by atoms with Gasteiger partial charge in [0.05, 0.1) is 0 Å². The van der Waals surface area contributed by atoms with Gasteiger partial charge in [-0.3, -0.25) is 4.79 Å². The van der Waals surface area contributed by atoms with Crippen molar-refractivity contribution >= 4 is 5.97 Å². The van der Waals surface area contributed by atoms with E-state index >= 15 is 0 Å². The number of hydrogen-bond donors (Lipinski definition) is 2. The maximum absolute atomic E-state index is 10.6. The van der Waals surface area contributed by atoms with Gasteiger partial charge >= 0.3 is 5.97 Å². The third kappa shape index (κ3) is 4.75. The predicted molar refractivity (Wildman–Crippen MR) is 47.8 cm³/mol. The summed E-state index contributed by atoms with van der Waals surface area (Å²) in [5.74, 6) is 1.65. The number of nitrogens with one attached hydrogen (secondary N) is 1. The topological polar surface area (TPSA) is 49.3 Å². The molecule has 0 aliphatic rings. The van der Waals surface area contributed by atoms with Crippen LogP contribution in [0.5, 0.6) is 0 Å². The zero-order valence-electron chi connectivity index (χ0n) is 7.34. The molecule has 0 spiro atoms. The maximum Gasteiger partial charge on any atom is 0.320 e. The lowest BCUT2D eigenvalue weighted by Crippen LogP contribution is -2.36. The van der Waals surface area contributed by atoms with E-state index < -0.39 is 12.0 Å². The van der Waals surface area contributed by atoms with Crippen LogP contribution in [0.4, 0.5) is 0 Å². The molecular weight excluding hydrogens is 154 g/mol. The van der Waals surface area contributed by atoms with Crippen molar-refractivity contribution in [1.82, 2.24) is 5.32 Å². The molecule has 0 aliphatic carbocycles. The summed E-state index contributed by atoms with van der Waals surface area (Å²) in [7, 11) is 0. The molecule has 0 aromatic rings. The molecule has 1 unspecified atom stereocenters. The summed E-state index contributed by atoms with van der Waals surface area (Å²) in [5.41, 5.74) is 0. The number of aliphatic carboxylic acids is 1. The second-order valence-electron chi connectivity index (χ2n) is 2.59. The van der Waals surface area contributed by atoms with Gasteiger partial charge in [-0.05, 0) is 6.42 Å². The van der Waals surface area contributed by atoms with Gasteiger partial charge in [0.2, 0.25) is 0 Å². The Hall–Kier alpha value is -1.01. The fourth-order valence-electron chi connectivity index (χ4n) is 0.920. The number of hydrogen-bond acceptors (Lipinski definition) is 2. The maximum atomic E-state index is 10.6. The third-order valence-corrected chi connectivity index (χ3v) is 1.54. The van der Waals surface area contributed by atoms with Gasteiger partial charge in [-0.2, -0.15) is 0 Å². The summed E-state index contributed by atoms with van der Waals surface area (Å²) in [4.78, 5) is 10.6. The molecule has 0 saturated heterocycles. The molecule has 68 valence electrons. The zero-order chi connectivity index (χ0) is 9.40. The van der Waals surface area contributed by atoms with Crippen molar-refractivity contribution in [2.75, 3.05) is 6.54 Å². The molecule has 0 aromatic carbocycles. The van der Waals surface area contributed by atoms with Gasteiger partial charge in [-0.25, -0.2) is 0 Å². The number of rotatable bonds is 6. The van der Waals surface area contributed by atoms with Gasteiger partial charge in [0.1, 0.15) is 6.04 Å². The average Bonchev–Trinajstić information content (AvgIpc) is 2.03. The summed E-state index contributed by atoms with van der Waals surface area (Å²) in [6, 6.07) is -0.441. The Bertz CT molecular complexity index is 172. The van der Waals surface area contributed by atoms with Crippen LogP contribution >= 0.6 is 0 Å². The summed E-state index contributed by atoms with van der Waals surface area (Å²) < 4.78 is 0. The van der Waals surface area contributed by atoms with E-state index in [1.54, 1.807) is 0 Å². The molecule has 0 aliphatic heterocycles. The minimum absolute atomic E-state index is 0.441. The zero-order valence-corrected chi connectivity index (χ0v) is 7.34. The van der Waals surface area contributed by atoms with E-state index in [2.05, 4.69) is 11.2 Å². The van der Waals surface area contributed by atoms with Crippen molar-refractivity contribution in [3.05, 3.63) is 0 Å². The van der Waals surface area contributed by atoms with Gasteiger partial charge in [-0.1, -0.05) is 13.3 Å². The molecule has 0 rings (SSSR count). The van der Waals surface area contributed by atoms with E-state index in [4.69, 9.17) is 11.5 Å². The Kier molecular flexibility index (Phi) is 6.12. The van der Waals surface area contributed by atoms with Gasteiger partial charge in [0, 0.05) is 13.0 Å². The highest BCUT2D eigenvalue weighted by Crippen LogP contribution is 1.96. The average molecular weight is 169 g/mol. The normalized spacial score (nSPS) is 12.0. The van der Waals surface area contributed by atoms with Crippen LogP contribution in [0.2, 0.25) is 0 Å². The first kappa shape index (κ1) is 11.0. The van der Waals surface area contributed by atoms with Crippen LogP contribution in [0.3, 0.4) is 0 Å². The smallest absolute Gasteiger partial charge is 0.320 e. The molecule has 2 N–H and O–H groups in total. The van der Waals surface area contributed by atoms with E-state index in [1.807, 2.05) is 6.92 Å². The van der Waals surface area contributed by atoms with Crippen molar-refractivity contribution in [2.45, 2.75) is 32.2 Å². The van der Waals surface area contributed by atoms with Crippen LogP contribution in [-0.4, -0.2) is 23.7 Å². The highest BCUT2D eigenvalue weighted by Gasteiger charge is 2.13. The van der Waals surface area contributed by atoms with Crippen LogP contribution in [0, 0.1) is 12.3 Å². The molecule has 0 fully saturated rings. The lowest BCUT2D eigenvalue weighted by Gasteiger charge is -2.11. The SMILES string of the molecule is C#CCCNC(CCC)C(=O)O. The molecule has 0 heterocycles. The second-order valence-corrected chi connectivity index (χ2v) is 2.59. The molecule has 0 saturated carbocycles. The Morgan fingerprint density at radius 2 is 2.42 bits per heavy atom. The number of carbonyl (C=O) groups is 1. The Morgan fingerprint density at radius 3 is 2.83 bits per heavy atom. The van der Waals surface area contributed by atoms with Crippen LogP contribution in [0.25, 0.3) is 0 Å². The van der Waals surface area contributed by atoms with Crippen molar-refractivity contribution < 1.29 is 9.90 Å². The molecule has 0 amide bonds. The minimum atomic E-state index is -0.797. The van der Waals surface area contributed by atoms with Crippen LogP contribution in [0.1, 0.15) is 26.2 Å². The summed E-state index contributed by atoms with van der Waals surface area (Å²) in [5, 5.41) is 11.6. The molecular formula is C9H15NO2. The molecule has 1 atom stereocenters. The Labute approximate surface area is 73.2 Å². The monoisotopic (exact) mass is 169 g/mol. The molecule has 12 heavy (non-hydrogen) atoms. The van der Waals surface area contributed by atoms with E-state index in [9.17, 15) is 4.79 Å². The van der Waals surface area contributed by atoms with Gasteiger partial charge in [0.25, 0.3) is 0 Å². The van der Waals surface area contributed by atoms with E-state index in [1.165, 1.54) is 0 Å². The van der Waals surface area contributed by atoms with E-state index in [0.717, 1.165) is 6.42 Å². The van der Waals surface area contributed by atoms with Crippen molar-refractivity contribution in [2.24, 2.45) is 0 Å². The standard InChI is InChI=1S/C9H15NO2/c1-3-5-7-10-8(6-4-2)9(11)12/h1,8,10H,4-7H2,2H3,(H,11,12). The van der Waals surface area contributed by atoms with Gasteiger partial charge < -0.3 is 10.4 Å². The highest BCUT2D eigenvalue weighted by molar-refractivity contribution is 5.73. The Morgan fingerprint density at radius 1 is 1.75 bits per heavy atom. The van der Waals surface area contributed by atoms with Crippen LogP contribution < -0.4 is 5.32 Å². The number of carboxylic acids is 1. The summed E-state index contributed by atoms with van der Waals surface area (Å²) >= 11 is 0. The Balaban J connectivity index is 3.65. The predicted octanol–water partition coefficient (Wildman–Crippen LogP) is 0.853. The molecule has 0 bridgehead atoms. The van der Waals surface area contributed by atoms with Gasteiger partial charge in [0.15, 0.2) is 0 Å². The first-order valence-corrected chi connectivity index (χ1v) is 4.12. The minimum Gasteiger partial charge on any atom is -0.480 e. The third-order valence-electron chi connectivity index (χ3n) is 1.54. The van der Waals surface area contributed by atoms with Crippen LogP contribution in [-0.2, 0) is 4.79 Å². The lowest BCUT2D eigenvalue weighted by atomic mass is 10.1. The van der Waals surface area contributed by atoms with Gasteiger partial charge in [-0.15, -0.1) is 12.3 Å².